The number of rotatable bonds is 2. The van der Waals surface area contributed by atoms with Crippen molar-refractivity contribution in [3.05, 3.63) is 22.7 Å². The van der Waals surface area contributed by atoms with E-state index in [1.807, 2.05) is 0 Å². The fraction of sp³-hybridized carbons (Fsp3) is 0.250. The molecule has 0 spiro atoms. The maximum Gasteiger partial charge on any atom is 0.183 e. The van der Waals surface area contributed by atoms with Crippen LogP contribution in [0.25, 0.3) is 0 Å². The number of nitrogens with two attached hydrogens (primary N) is 1. The minimum atomic E-state index is -0.783. The molecule has 1 rings (SSSR count). The molecule has 0 amide bonds. The maximum absolute atomic E-state index is 12.8. The summed E-state index contributed by atoms with van der Waals surface area (Å²) in [4.78, 5) is 14.7. The average Bonchev–Trinajstić information content (AvgIpc) is 2.12. The minimum Gasteiger partial charge on any atom is -0.396 e. The van der Waals surface area contributed by atoms with Crippen LogP contribution < -0.4 is 5.73 Å². The Kier molecular flexibility index (Phi) is 2.83. The molecular formula is C8H8ClFN2O. The normalized spacial score (nSPS) is 10.1. The quantitative estimate of drug-likeness (QED) is 0.590. The molecule has 0 saturated heterocycles. The molecule has 13 heavy (non-hydrogen) atoms. The minimum absolute atomic E-state index is 0.103. The second-order valence-electron chi connectivity index (χ2n) is 2.48. The summed E-state index contributed by atoms with van der Waals surface area (Å²) in [6, 6.07) is 1.19. The molecule has 0 bridgehead atoms. The third-order valence-corrected chi connectivity index (χ3v) is 1.80. The van der Waals surface area contributed by atoms with E-state index in [1.165, 1.54) is 6.07 Å². The fourth-order valence-corrected chi connectivity index (χ4v) is 1.04. The maximum atomic E-state index is 12.8. The van der Waals surface area contributed by atoms with Crippen LogP contribution in [0.5, 0.6) is 0 Å². The zero-order valence-electron chi connectivity index (χ0n) is 6.97. The summed E-state index contributed by atoms with van der Waals surface area (Å²) in [6.45, 7) is 1.68. The molecule has 0 radical (unpaired) electrons. The van der Waals surface area contributed by atoms with Gasteiger partial charge in [0.05, 0.1) is 5.69 Å². The first-order valence-electron chi connectivity index (χ1n) is 3.71. The lowest BCUT2D eigenvalue weighted by Crippen LogP contribution is -2.04. The van der Waals surface area contributed by atoms with E-state index in [1.54, 1.807) is 6.92 Å². The average molecular weight is 203 g/mol. The number of aromatic nitrogens is 1. The molecule has 0 aliphatic heterocycles. The van der Waals surface area contributed by atoms with Crippen LogP contribution >= 0.6 is 11.6 Å². The van der Waals surface area contributed by atoms with Crippen molar-refractivity contribution in [2.45, 2.75) is 13.3 Å². The number of hydrogen-bond acceptors (Lipinski definition) is 3. The lowest BCUT2D eigenvalue weighted by Gasteiger charge is -2.01. The number of pyridine rings is 1. The van der Waals surface area contributed by atoms with Gasteiger partial charge < -0.3 is 5.73 Å². The van der Waals surface area contributed by atoms with Crippen molar-refractivity contribution in [3.63, 3.8) is 0 Å². The Morgan fingerprint density at radius 1 is 1.77 bits per heavy atom. The molecule has 0 fully saturated rings. The van der Waals surface area contributed by atoms with Crippen molar-refractivity contribution in [3.8, 4) is 0 Å². The largest absolute Gasteiger partial charge is 0.396 e. The smallest absolute Gasteiger partial charge is 0.183 e. The van der Waals surface area contributed by atoms with Gasteiger partial charge >= 0.3 is 0 Å². The number of ketones is 1. The van der Waals surface area contributed by atoms with E-state index in [0.717, 1.165) is 0 Å². The number of nitrogen functional groups attached to an aromatic ring is 1. The number of Topliss-reactive ketones (excluding diaryl/α,β-unsaturated/α-hetero) is 1. The Hall–Kier alpha value is -1.16. The predicted octanol–water partition coefficient (Wildman–Crippen LogP) is 2.05. The number of anilines is 1. The second-order valence-corrected chi connectivity index (χ2v) is 2.84. The van der Waals surface area contributed by atoms with Crippen LogP contribution in [0.3, 0.4) is 0 Å². The Morgan fingerprint density at radius 2 is 2.38 bits per heavy atom. The van der Waals surface area contributed by atoms with Gasteiger partial charge in [0.2, 0.25) is 0 Å². The Balaban J connectivity index is 3.20. The van der Waals surface area contributed by atoms with E-state index in [0.29, 0.717) is 0 Å². The van der Waals surface area contributed by atoms with Gasteiger partial charge in [-0.15, -0.1) is 0 Å². The van der Waals surface area contributed by atoms with Crippen molar-refractivity contribution in [2.24, 2.45) is 0 Å². The zero-order valence-corrected chi connectivity index (χ0v) is 7.73. The van der Waals surface area contributed by atoms with Gasteiger partial charge in [-0.3, -0.25) is 4.79 Å². The van der Waals surface area contributed by atoms with E-state index in [9.17, 15) is 9.18 Å². The lowest BCUT2D eigenvalue weighted by molar-refractivity contribution is 0.0983. The summed E-state index contributed by atoms with van der Waals surface area (Å²) in [5.41, 5.74) is 5.21. The number of hydrogen-bond donors (Lipinski definition) is 1. The standard InChI is InChI=1S/C8H8ClFN2O/c1-2-6(13)5-3-4(11)7(10)8(9)12-5/h3H,2H2,1H3,(H2,11,12). The summed E-state index contributed by atoms with van der Waals surface area (Å²) in [6.07, 6.45) is 0.286. The van der Waals surface area contributed by atoms with Gasteiger partial charge in [0.25, 0.3) is 0 Å². The lowest BCUT2D eigenvalue weighted by atomic mass is 10.2. The van der Waals surface area contributed by atoms with Crippen molar-refractivity contribution in [1.82, 2.24) is 4.98 Å². The van der Waals surface area contributed by atoms with Crippen LogP contribution in [0.4, 0.5) is 10.1 Å². The highest BCUT2D eigenvalue weighted by atomic mass is 35.5. The van der Waals surface area contributed by atoms with Crippen LogP contribution in [0.2, 0.25) is 5.15 Å². The van der Waals surface area contributed by atoms with Crippen molar-refractivity contribution in [1.29, 1.82) is 0 Å². The molecule has 1 aromatic rings. The SMILES string of the molecule is CCC(=O)c1cc(N)c(F)c(Cl)n1. The Morgan fingerprint density at radius 3 is 2.85 bits per heavy atom. The predicted molar refractivity (Wildman–Crippen MR) is 48.2 cm³/mol. The second kappa shape index (κ2) is 3.70. The Labute approximate surface area is 79.7 Å². The number of carbonyl (C=O) groups excluding carboxylic acids is 1. The van der Waals surface area contributed by atoms with E-state index in [-0.39, 0.29) is 28.7 Å². The van der Waals surface area contributed by atoms with Gasteiger partial charge in [-0.05, 0) is 6.07 Å². The molecule has 0 unspecified atom stereocenters. The summed E-state index contributed by atoms with van der Waals surface area (Å²) in [5.74, 6) is -0.997. The summed E-state index contributed by atoms with van der Waals surface area (Å²) < 4.78 is 12.8. The molecule has 0 atom stereocenters. The van der Waals surface area contributed by atoms with Gasteiger partial charge in [0, 0.05) is 6.42 Å². The zero-order chi connectivity index (χ0) is 10.0. The number of nitrogens with zero attached hydrogens (tertiary/aromatic N) is 1. The number of carbonyl (C=O) groups is 1. The number of halogens is 2. The molecule has 5 heteroatoms. The molecule has 70 valence electrons. The van der Waals surface area contributed by atoms with Crippen LogP contribution in [0.15, 0.2) is 6.07 Å². The van der Waals surface area contributed by atoms with E-state index in [4.69, 9.17) is 17.3 Å². The van der Waals surface area contributed by atoms with Gasteiger partial charge in [-0.2, -0.15) is 0 Å². The van der Waals surface area contributed by atoms with Gasteiger partial charge in [0.1, 0.15) is 5.69 Å². The summed E-state index contributed by atoms with van der Waals surface area (Å²) in [7, 11) is 0. The first-order valence-corrected chi connectivity index (χ1v) is 4.08. The molecule has 0 aliphatic rings. The molecule has 1 aromatic heterocycles. The van der Waals surface area contributed by atoms with Gasteiger partial charge in [-0.25, -0.2) is 9.37 Å². The highest BCUT2D eigenvalue weighted by Gasteiger charge is 2.12. The van der Waals surface area contributed by atoms with Gasteiger partial charge in [-0.1, -0.05) is 18.5 Å². The van der Waals surface area contributed by atoms with E-state index in [2.05, 4.69) is 4.98 Å². The highest BCUT2D eigenvalue weighted by Crippen LogP contribution is 2.19. The summed E-state index contributed by atoms with van der Waals surface area (Å²) in [5, 5.41) is -0.364. The fourth-order valence-electron chi connectivity index (χ4n) is 0.841. The van der Waals surface area contributed by atoms with Crippen molar-refractivity contribution in [2.75, 3.05) is 5.73 Å². The van der Waals surface area contributed by atoms with E-state index >= 15 is 0 Å². The van der Waals surface area contributed by atoms with Gasteiger partial charge in [0.15, 0.2) is 16.8 Å². The van der Waals surface area contributed by atoms with Crippen LogP contribution in [0, 0.1) is 5.82 Å². The molecule has 3 nitrogen and oxygen atoms in total. The molecule has 0 saturated carbocycles. The first-order chi connectivity index (χ1) is 6.06. The van der Waals surface area contributed by atoms with E-state index < -0.39 is 5.82 Å². The third-order valence-electron chi connectivity index (χ3n) is 1.55. The molecule has 0 aliphatic carbocycles. The molecule has 0 aromatic carbocycles. The van der Waals surface area contributed by atoms with Crippen molar-refractivity contribution < 1.29 is 9.18 Å². The molecule has 2 N–H and O–H groups in total. The topological polar surface area (TPSA) is 56.0 Å². The third kappa shape index (κ3) is 1.95. The monoisotopic (exact) mass is 202 g/mol. The van der Waals surface area contributed by atoms with Crippen LogP contribution in [-0.4, -0.2) is 10.8 Å². The first kappa shape index (κ1) is 9.92. The highest BCUT2D eigenvalue weighted by molar-refractivity contribution is 6.30. The molecule has 1 heterocycles. The van der Waals surface area contributed by atoms with Crippen LogP contribution in [-0.2, 0) is 0 Å². The van der Waals surface area contributed by atoms with Crippen molar-refractivity contribution >= 4 is 23.1 Å². The van der Waals surface area contributed by atoms with Crippen LogP contribution in [0.1, 0.15) is 23.8 Å². The molecular weight excluding hydrogens is 195 g/mol. The summed E-state index contributed by atoms with van der Waals surface area (Å²) >= 11 is 5.40. The Bertz CT molecular complexity index is 331.